The number of rotatable bonds is 2. The summed E-state index contributed by atoms with van der Waals surface area (Å²) in [4.78, 5) is 6.17. The standard InChI is InChI=1S/C13H11BrN4/c1-18(11-4-2-3-9(5-11)7-15)13-12(14)6-10(16)8-17-13/h2-6,8H,16H2,1H3. The van der Waals surface area contributed by atoms with Crippen molar-refractivity contribution in [3.8, 4) is 6.07 Å². The minimum absolute atomic E-state index is 0.602. The lowest BCUT2D eigenvalue weighted by Crippen LogP contribution is -2.12. The van der Waals surface area contributed by atoms with Crippen LogP contribution < -0.4 is 10.6 Å². The van der Waals surface area contributed by atoms with Crippen LogP contribution in [0.1, 0.15) is 5.56 Å². The van der Waals surface area contributed by atoms with Crippen LogP contribution in [0.2, 0.25) is 0 Å². The minimum atomic E-state index is 0.602. The predicted octanol–water partition coefficient (Wildman–Crippen LogP) is 3.07. The molecular weight excluding hydrogens is 292 g/mol. The molecule has 0 saturated carbocycles. The smallest absolute Gasteiger partial charge is 0.147 e. The molecular formula is C13H11BrN4. The van der Waals surface area contributed by atoms with Crippen LogP contribution in [-0.2, 0) is 0 Å². The Hall–Kier alpha value is -2.06. The maximum atomic E-state index is 8.90. The van der Waals surface area contributed by atoms with E-state index in [0.29, 0.717) is 11.3 Å². The molecule has 2 rings (SSSR count). The van der Waals surface area contributed by atoms with Crippen LogP contribution >= 0.6 is 15.9 Å². The fourth-order valence-electron chi connectivity index (χ4n) is 1.60. The topological polar surface area (TPSA) is 65.9 Å². The number of anilines is 3. The zero-order valence-corrected chi connectivity index (χ0v) is 11.3. The fourth-order valence-corrected chi connectivity index (χ4v) is 2.23. The Bertz CT molecular complexity index is 619. The Balaban J connectivity index is 2.41. The summed E-state index contributed by atoms with van der Waals surface area (Å²) in [5.74, 6) is 0.749. The monoisotopic (exact) mass is 302 g/mol. The van der Waals surface area contributed by atoms with E-state index in [1.807, 2.05) is 30.1 Å². The van der Waals surface area contributed by atoms with Gasteiger partial charge in [-0.25, -0.2) is 4.98 Å². The molecule has 1 heterocycles. The van der Waals surface area contributed by atoms with Crippen LogP contribution in [0.5, 0.6) is 0 Å². The van der Waals surface area contributed by atoms with Crippen molar-refractivity contribution in [3.05, 3.63) is 46.6 Å². The van der Waals surface area contributed by atoms with Crippen molar-refractivity contribution in [2.75, 3.05) is 17.7 Å². The van der Waals surface area contributed by atoms with E-state index in [1.165, 1.54) is 0 Å². The fraction of sp³-hybridized carbons (Fsp3) is 0.0769. The summed E-state index contributed by atoms with van der Waals surface area (Å²) in [5.41, 5.74) is 7.77. The Morgan fingerprint density at radius 2 is 2.17 bits per heavy atom. The van der Waals surface area contributed by atoms with Crippen LogP contribution in [0.25, 0.3) is 0 Å². The molecule has 2 N–H and O–H groups in total. The van der Waals surface area contributed by atoms with E-state index in [0.717, 1.165) is 16.0 Å². The number of benzene rings is 1. The molecule has 0 amide bonds. The van der Waals surface area contributed by atoms with Crippen molar-refractivity contribution in [1.29, 1.82) is 5.26 Å². The van der Waals surface area contributed by atoms with E-state index >= 15 is 0 Å². The molecule has 0 saturated heterocycles. The van der Waals surface area contributed by atoms with Gasteiger partial charge < -0.3 is 10.6 Å². The van der Waals surface area contributed by atoms with Crippen molar-refractivity contribution >= 4 is 33.1 Å². The third-order valence-corrected chi connectivity index (χ3v) is 3.11. The molecule has 1 aromatic heterocycles. The van der Waals surface area contributed by atoms with E-state index in [4.69, 9.17) is 11.0 Å². The van der Waals surface area contributed by atoms with Crippen molar-refractivity contribution in [2.45, 2.75) is 0 Å². The number of hydrogen-bond acceptors (Lipinski definition) is 4. The van der Waals surface area contributed by atoms with E-state index in [-0.39, 0.29) is 0 Å². The lowest BCUT2D eigenvalue weighted by Gasteiger charge is -2.19. The van der Waals surface area contributed by atoms with Gasteiger partial charge in [0.15, 0.2) is 0 Å². The van der Waals surface area contributed by atoms with Gasteiger partial charge in [-0.1, -0.05) is 6.07 Å². The first kappa shape index (κ1) is 12.4. The van der Waals surface area contributed by atoms with Gasteiger partial charge in [0, 0.05) is 12.7 Å². The van der Waals surface area contributed by atoms with Crippen molar-refractivity contribution in [1.82, 2.24) is 4.98 Å². The molecule has 5 heteroatoms. The SMILES string of the molecule is CN(c1cccc(C#N)c1)c1ncc(N)cc1Br. The summed E-state index contributed by atoms with van der Waals surface area (Å²) in [5, 5.41) is 8.90. The Kier molecular flexibility index (Phi) is 3.49. The number of aromatic nitrogens is 1. The van der Waals surface area contributed by atoms with Crippen molar-refractivity contribution < 1.29 is 0 Å². The number of halogens is 1. The molecule has 0 aliphatic rings. The van der Waals surface area contributed by atoms with Gasteiger partial charge in [0.05, 0.1) is 28.0 Å². The molecule has 0 aliphatic heterocycles. The number of nitriles is 1. The third-order valence-electron chi connectivity index (χ3n) is 2.52. The molecule has 1 aromatic carbocycles. The normalized spacial score (nSPS) is 9.83. The maximum Gasteiger partial charge on any atom is 0.147 e. The van der Waals surface area contributed by atoms with Crippen LogP contribution in [0.4, 0.5) is 17.2 Å². The number of nitrogen functional groups attached to an aromatic ring is 1. The van der Waals surface area contributed by atoms with Gasteiger partial charge >= 0.3 is 0 Å². The van der Waals surface area contributed by atoms with Gasteiger partial charge in [0.1, 0.15) is 5.82 Å². The van der Waals surface area contributed by atoms with Gasteiger partial charge in [-0.15, -0.1) is 0 Å². The Labute approximate surface area is 114 Å². The Morgan fingerprint density at radius 3 is 2.83 bits per heavy atom. The molecule has 0 radical (unpaired) electrons. The molecule has 2 aromatic rings. The first-order valence-corrected chi connectivity index (χ1v) is 6.06. The second-order valence-electron chi connectivity index (χ2n) is 3.80. The van der Waals surface area contributed by atoms with E-state index in [2.05, 4.69) is 27.0 Å². The van der Waals surface area contributed by atoms with Crippen LogP contribution in [-0.4, -0.2) is 12.0 Å². The number of nitrogens with zero attached hydrogens (tertiary/aromatic N) is 3. The maximum absolute atomic E-state index is 8.90. The highest BCUT2D eigenvalue weighted by Gasteiger charge is 2.10. The average Bonchev–Trinajstić information content (AvgIpc) is 2.38. The largest absolute Gasteiger partial charge is 0.397 e. The molecule has 90 valence electrons. The second kappa shape index (κ2) is 5.07. The molecule has 0 aliphatic carbocycles. The van der Waals surface area contributed by atoms with Crippen molar-refractivity contribution in [2.24, 2.45) is 0 Å². The molecule has 0 atom stereocenters. The highest BCUT2D eigenvalue weighted by atomic mass is 79.9. The first-order chi connectivity index (χ1) is 8.61. The lowest BCUT2D eigenvalue weighted by molar-refractivity contribution is 1.12. The first-order valence-electron chi connectivity index (χ1n) is 5.26. The minimum Gasteiger partial charge on any atom is -0.397 e. The summed E-state index contributed by atoms with van der Waals surface area (Å²) in [7, 11) is 1.89. The third kappa shape index (κ3) is 2.44. The summed E-state index contributed by atoms with van der Waals surface area (Å²) in [6, 6.07) is 11.3. The highest BCUT2D eigenvalue weighted by Crippen LogP contribution is 2.30. The average molecular weight is 303 g/mol. The molecule has 0 spiro atoms. The second-order valence-corrected chi connectivity index (χ2v) is 4.65. The zero-order chi connectivity index (χ0) is 13.1. The van der Waals surface area contributed by atoms with Crippen molar-refractivity contribution in [3.63, 3.8) is 0 Å². The van der Waals surface area contributed by atoms with Gasteiger partial charge in [-0.05, 0) is 40.2 Å². The van der Waals surface area contributed by atoms with Gasteiger partial charge in [-0.3, -0.25) is 0 Å². The van der Waals surface area contributed by atoms with Gasteiger partial charge in [0.25, 0.3) is 0 Å². The number of nitrogens with two attached hydrogens (primary N) is 1. The summed E-state index contributed by atoms with van der Waals surface area (Å²) < 4.78 is 0.812. The lowest BCUT2D eigenvalue weighted by atomic mass is 10.2. The molecule has 0 fully saturated rings. The highest BCUT2D eigenvalue weighted by molar-refractivity contribution is 9.10. The predicted molar refractivity (Wildman–Crippen MR) is 75.6 cm³/mol. The van der Waals surface area contributed by atoms with Gasteiger partial charge in [-0.2, -0.15) is 5.26 Å². The molecule has 0 bridgehead atoms. The zero-order valence-electron chi connectivity index (χ0n) is 9.76. The van der Waals surface area contributed by atoms with Crippen LogP contribution in [0.3, 0.4) is 0 Å². The summed E-state index contributed by atoms with van der Waals surface area (Å²) in [6.07, 6.45) is 1.60. The van der Waals surface area contributed by atoms with E-state index < -0.39 is 0 Å². The molecule has 4 nitrogen and oxygen atoms in total. The van der Waals surface area contributed by atoms with E-state index in [1.54, 1.807) is 18.3 Å². The Morgan fingerprint density at radius 1 is 1.39 bits per heavy atom. The quantitative estimate of drug-likeness (QED) is 0.926. The summed E-state index contributed by atoms with van der Waals surface area (Å²) in [6.45, 7) is 0. The van der Waals surface area contributed by atoms with E-state index in [9.17, 15) is 0 Å². The summed E-state index contributed by atoms with van der Waals surface area (Å²) >= 11 is 3.43. The van der Waals surface area contributed by atoms with Crippen LogP contribution in [0.15, 0.2) is 41.0 Å². The number of pyridine rings is 1. The van der Waals surface area contributed by atoms with Crippen LogP contribution in [0, 0.1) is 11.3 Å². The molecule has 0 unspecified atom stereocenters. The molecule has 18 heavy (non-hydrogen) atoms. The van der Waals surface area contributed by atoms with Gasteiger partial charge in [0.2, 0.25) is 0 Å². The number of hydrogen-bond donors (Lipinski definition) is 1.